The van der Waals surface area contributed by atoms with Gasteiger partial charge in [0, 0.05) is 0 Å². The molecule has 0 aromatic heterocycles. The van der Waals surface area contributed by atoms with Gasteiger partial charge in [0.15, 0.2) is 0 Å². The van der Waals surface area contributed by atoms with Gasteiger partial charge < -0.3 is 15.2 Å². The van der Waals surface area contributed by atoms with Gasteiger partial charge in [-0.3, -0.25) is 0 Å². The number of carbonyl (C=O) groups is 1. The minimum absolute atomic E-state index is 0.163. The second-order valence-corrected chi connectivity index (χ2v) is 4.98. The number of hydrogen-bond acceptors (Lipinski definition) is 4. The van der Waals surface area contributed by atoms with Crippen molar-refractivity contribution in [2.75, 3.05) is 5.73 Å². The minimum Gasteiger partial charge on any atom is -0.487 e. The van der Waals surface area contributed by atoms with Crippen molar-refractivity contribution in [1.29, 1.82) is 0 Å². The fourth-order valence-electron chi connectivity index (χ4n) is 1.80. The maximum absolute atomic E-state index is 11.9. The van der Waals surface area contributed by atoms with Crippen LogP contribution in [-0.2, 0) is 11.3 Å². The summed E-state index contributed by atoms with van der Waals surface area (Å²) < 4.78 is 10.8. The van der Waals surface area contributed by atoms with E-state index in [4.69, 9.17) is 15.2 Å². The number of benzene rings is 2. The van der Waals surface area contributed by atoms with E-state index < -0.39 is 0 Å². The number of nitrogens with two attached hydrogens (primary N) is 1. The van der Waals surface area contributed by atoms with Crippen LogP contribution in [0, 0.1) is 0 Å². The Labute approximate surface area is 124 Å². The molecule has 0 amide bonds. The molecular weight excluding hydrogens is 266 g/mol. The Bertz CT molecular complexity index is 609. The Morgan fingerprint density at radius 1 is 1.14 bits per heavy atom. The van der Waals surface area contributed by atoms with E-state index in [1.54, 1.807) is 18.2 Å². The molecule has 0 spiro atoms. The topological polar surface area (TPSA) is 61.5 Å². The minimum atomic E-state index is -0.380. The van der Waals surface area contributed by atoms with E-state index in [-0.39, 0.29) is 12.1 Å². The van der Waals surface area contributed by atoms with Crippen LogP contribution in [0.4, 0.5) is 5.69 Å². The van der Waals surface area contributed by atoms with Crippen molar-refractivity contribution in [3.8, 4) is 5.75 Å². The third-order valence-electron chi connectivity index (χ3n) is 2.83. The van der Waals surface area contributed by atoms with Crippen LogP contribution in [0.2, 0.25) is 0 Å². The van der Waals surface area contributed by atoms with Crippen molar-refractivity contribution in [3.05, 3.63) is 59.7 Å². The van der Waals surface area contributed by atoms with Crippen LogP contribution in [0.5, 0.6) is 5.75 Å². The molecule has 2 N–H and O–H groups in total. The third kappa shape index (κ3) is 4.24. The van der Waals surface area contributed by atoms with Crippen molar-refractivity contribution in [1.82, 2.24) is 0 Å². The Hall–Kier alpha value is -2.49. The Balaban J connectivity index is 2.10. The lowest BCUT2D eigenvalue weighted by Crippen LogP contribution is -2.12. The molecule has 0 aliphatic carbocycles. The maximum atomic E-state index is 11.9. The molecule has 21 heavy (non-hydrogen) atoms. The van der Waals surface area contributed by atoms with E-state index in [2.05, 4.69) is 0 Å². The highest BCUT2D eigenvalue weighted by molar-refractivity contribution is 5.90. The van der Waals surface area contributed by atoms with E-state index in [0.29, 0.717) is 23.6 Å². The number of rotatable bonds is 5. The predicted octanol–water partition coefficient (Wildman–Crippen LogP) is 3.41. The molecule has 2 aromatic carbocycles. The number of ether oxygens (including phenoxy) is 2. The van der Waals surface area contributed by atoms with E-state index in [0.717, 1.165) is 5.56 Å². The highest BCUT2D eigenvalue weighted by Gasteiger charge is 2.12. The van der Waals surface area contributed by atoms with Gasteiger partial charge in [0.25, 0.3) is 0 Å². The van der Waals surface area contributed by atoms with Crippen LogP contribution in [0.1, 0.15) is 29.8 Å². The molecule has 2 rings (SSSR count). The van der Waals surface area contributed by atoms with Crippen molar-refractivity contribution < 1.29 is 14.3 Å². The fourth-order valence-corrected chi connectivity index (χ4v) is 1.80. The van der Waals surface area contributed by atoms with E-state index in [1.807, 2.05) is 44.2 Å². The number of nitrogen functional groups attached to an aromatic ring is 1. The first-order valence-electron chi connectivity index (χ1n) is 6.83. The molecule has 0 aliphatic heterocycles. The molecular formula is C17H19NO3. The van der Waals surface area contributed by atoms with Gasteiger partial charge >= 0.3 is 5.97 Å². The van der Waals surface area contributed by atoms with Crippen molar-refractivity contribution >= 4 is 11.7 Å². The Morgan fingerprint density at radius 2 is 1.86 bits per heavy atom. The van der Waals surface area contributed by atoms with Crippen molar-refractivity contribution in [2.24, 2.45) is 0 Å². The molecule has 0 unspecified atom stereocenters. The molecule has 4 heteroatoms. The quantitative estimate of drug-likeness (QED) is 0.675. The number of carbonyl (C=O) groups excluding carboxylic acids is 1. The molecule has 0 bridgehead atoms. The van der Waals surface area contributed by atoms with Crippen LogP contribution in [0.3, 0.4) is 0 Å². The van der Waals surface area contributed by atoms with E-state index >= 15 is 0 Å². The Morgan fingerprint density at radius 3 is 2.52 bits per heavy atom. The summed E-state index contributed by atoms with van der Waals surface area (Å²) in [6, 6.07) is 14.7. The summed E-state index contributed by atoms with van der Waals surface area (Å²) in [7, 11) is 0. The van der Waals surface area contributed by atoms with Gasteiger partial charge in [0.2, 0.25) is 0 Å². The highest BCUT2D eigenvalue weighted by Crippen LogP contribution is 2.24. The average Bonchev–Trinajstić information content (AvgIpc) is 2.46. The normalized spacial score (nSPS) is 10.4. The largest absolute Gasteiger partial charge is 0.487 e. The SMILES string of the molecule is CC(C)OC(=O)c1ccc(N)c(OCc2ccccc2)c1. The fraction of sp³-hybridized carbons (Fsp3) is 0.235. The molecule has 2 aromatic rings. The molecule has 0 fully saturated rings. The summed E-state index contributed by atoms with van der Waals surface area (Å²) in [6.07, 6.45) is -0.163. The van der Waals surface area contributed by atoms with Gasteiger partial charge in [-0.05, 0) is 37.6 Å². The van der Waals surface area contributed by atoms with Crippen molar-refractivity contribution in [2.45, 2.75) is 26.6 Å². The first-order chi connectivity index (χ1) is 10.1. The van der Waals surface area contributed by atoms with Crippen LogP contribution >= 0.6 is 0 Å². The molecule has 110 valence electrons. The first kappa shape index (κ1) is 14.9. The standard InChI is InChI=1S/C17H19NO3/c1-12(2)21-17(19)14-8-9-15(18)16(10-14)20-11-13-6-4-3-5-7-13/h3-10,12H,11,18H2,1-2H3. The molecule has 0 atom stereocenters. The van der Waals surface area contributed by atoms with Crippen LogP contribution in [0.25, 0.3) is 0 Å². The van der Waals surface area contributed by atoms with Crippen LogP contribution in [0.15, 0.2) is 48.5 Å². The molecule has 0 saturated carbocycles. The smallest absolute Gasteiger partial charge is 0.338 e. The lowest BCUT2D eigenvalue weighted by atomic mass is 10.2. The zero-order valence-corrected chi connectivity index (χ0v) is 12.2. The number of esters is 1. The molecule has 0 radical (unpaired) electrons. The maximum Gasteiger partial charge on any atom is 0.338 e. The van der Waals surface area contributed by atoms with Gasteiger partial charge in [-0.1, -0.05) is 30.3 Å². The molecule has 0 saturated heterocycles. The lowest BCUT2D eigenvalue weighted by molar-refractivity contribution is 0.0377. The second-order valence-electron chi connectivity index (χ2n) is 4.98. The van der Waals surface area contributed by atoms with Gasteiger partial charge in [-0.15, -0.1) is 0 Å². The summed E-state index contributed by atoms with van der Waals surface area (Å²) >= 11 is 0. The van der Waals surface area contributed by atoms with Crippen molar-refractivity contribution in [3.63, 3.8) is 0 Å². The van der Waals surface area contributed by atoms with Gasteiger partial charge in [-0.25, -0.2) is 4.79 Å². The van der Waals surface area contributed by atoms with E-state index in [1.165, 1.54) is 0 Å². The summed E-state index contributed by atoms with van der Waals surface area (Å²) in [6.45, 7) is 4.01. The highest BCUT2D eigenvalue weighted by atomic mass is 16.5. The molecule has 4 nitrogen and oxygen atoms in total. The second kappa shape index (κ2) is 6.79. The first-order valence-corrected chi connectivity index (χ1v) is 6.83. The molecule has 0 heterocycles. The predicted molar refractivity (Wildman–Crippen MR) is 82.2 cm³/mol. The lowest BCUT2D eigenvalue weighted by Gasteiger charge is -2.12. The summed E-state index contributed by atoms with van der Waals surface area (Å²) in [5.41, 5.74) is 7.84. The third-order valence-corrected chi connectivity index (χ3v) is 2.83. The van der Waals surface area contributed by atoms with Gasteiger partial charge in [0.1, 0.15) is 12.4 Å². The van der Waals surface area contributed by atoms with Gasteiger partial charge in [0.05, 0.1) is 17.4 Å². The van der Waals surface area contributed by atoms with Crippen LogP contribution < -0.4 is 10.5 Å². The zero-order chi connectivity index (χ0) is 15.2. The van der Waals surface area contributed by atoms with Crippen LogP contribution in [-0.4, -0.2) is 12.1 Å². The zero-order valence-electron chi connectivity index (χ0n) is 12.2. The van der Waals surface area contributed by atoms with Gasteiger partial charge in [-0.2, -0.15) is 0 Å². The summed E-state index contributed by atoms with van der Waals surface area (Å²) in [5.74, 6) is 0.103. The monoisotopic (exact) mass is 285 g/mol. The summed E-state index contributed by atoms with van der Waals surface area (Å²) in [5, 5.41) is 0. The average molecular weight is 285 g/mol. The van der Waals surface area contributed by atoms with E-state index in [9.17, 15) is 4.79 Å². The molecule has 0 aliphatic rings. The number of anilines is 1. The summed E-state index contributed by atoms with van der Waals surface area (Å²) in [4.78, 5) is 11.9. The number of hydrogen-bond donors (Lipinski definition) is 1. The Kier molecular flexibility index (Phi) is 4.82.